The Morgan fingerprint density at radius 3 is 2.61 bits per heavy atom. The van der Waals surface area contributed by atoms with Crippen LogP contribution in [0.25, 0.3) is 0 Å². The summed E-state index contributed by atoms with van der Waals surface area (Å²) in [6.07, 6.45) is 4.93. The van der Waals surface area contributed by atoms with Gasteiger partial charge in [-0.25, -0.2) is 8.42 Å². The zero-order chi connectivity index (χ0) is 12.8. The molecule has 0 aromatic rings. The predicted molar refractivity (Wildman–Crippen MR) is 70.6 cm³/mol. The molecule has 3 fully saturated rings. The minimum atomic E-state index is -3.11. The molecule has 0 bridgehead atoms. The number of sulfone groups is 1. The number of hydrogen-bond donors (Lipinski definition) is 0. The van der Waals surface area contributed by atoms with E-state index in [-0.39, 0.29) is 10.8 Å². The van der Waals surface area contributed by atoms with Gasteiger partial charge in [-0.15, -0.1) is 11.6 Å². The molecule has 2 saturated heterocycles. The molecule has 0 radical (unpaired) electrons. The Kier molecular flexibility index (Phi) is 3.37. The van der Waals surface area contributed by atoms with Crippen LogP contribution in [0.3, 0.4) is 0 Å². The number of fused-ring (bicyclic) bond motifs is 1. The first-order chi connectivity index (χ1) is 8.60. The summed E-state index contributed by atoms with van der Waals surface area (Å²) in [5, 5.41) is -0.243. The fourth-order valence-electron chi connectivity index (χ4n) is 3.88. The summed E-state index contributed by atoms with van der Waals surface area (Å²) in [6, 6.07) is 0. The van der Waals surface area contributed by atoms with Gasteiger partial charge in [0.05, 0.1) is 24.0 Å². The molecular formula is C12H20ClNO3S. The average molecular weight is 294 g/mol. The molecule has 2 aliphatic heterocycles. The van der Waals surface area contributed by atoms with Gasteiger partial charge in [0.15, 0.2) is 14.5 Å². The van der Waals surface area contributed by atoms with Crippen LogP contribution >= 0.6 is 11.6 Å². The topological polar surface area (TPSA) is 46.6 Å². The smallest absolute Gasteiger partial charge is 0.173 e. The lowest BCUT2D eigenvalue weighted by molar-refractivity contribution is -0.0303. The maximum atomic E-state index is 12.2. The van der Waals surface area contributed by atoms with Crippen molar-refractivity contribution in [1.82, 2.24) is 4.90 Å². The van der Waals surface area contributed by atoms with Crippen molar-refractivity contribution in [2.45, 2.75) is 47.6 Å². The van der Waals surface area contributed by atoms with E-state index in [0.717, 1.165) is 45.2 Å². The fraction of sp³-hybridized carbons (Fsp3) is 1.00. The second kappa shape index (κ2) is 4.62. The molecule has 0 aromatic heterocycles. The molecule has 4 nitrogen and oxygen atoms in total. The molecule has 3 aliphatic rings. The molecule has 104 valence electrons. The lowest BCUT2D eigenvalue weighted by Gasteiger charge is -2.58. The van der Waals surface area contributed by atoms with Gasteiger partial charge in [-0.05, 0) is 12.8 Å². The first-order valence-corrected chi connectivity index (χ1v) is 8.84. The number of nitrogens with zero attached hydrogens (tertiary/aromatic N) is 1. The lowest BCUT2D eigenvalue weighted by Crippen LogP contribution is -2.76. The molecule has 3 rings (SSSR count). The molecule has 0 unspecified atom stereocenters. The predicted octanol–water partition coefficient (Wildman–Crippen LogP) is 1.38. The molecule has 0 aromatic carbocycles. The highest BCUT2D eigenvalue weighted by Gasteiger charge is 2.68. The van der Waals surface area contributed by atoms with E-state index in [4.69, 9.17) is 16.3 Å². The SMILES string of the molecule is O=S1(=O)[C@@H](Cl)[C@@]2(N3CCOCC3)CCCCC[C@@H]21. The van der Waals surface area contributed by atoms with Gasteiger partial charge in [-0.3, -0.25) is 4.90 Å². The quantitative estimate of drug-likeness (QED) is 0.685. The van der Waals surface area contributed by atoms with E-state index in [1.165, 1.54) is 0 Å². The Labute approximate surface area is 114 Å². The Morgan fingerprint density at radius 2 is 1.89 bits per heavy atom. The molecule has 1 aliphatic carbocycles. The van der Waals surface area contributed by atoms with Gasteiger partial charge in [0.2, 0.25) is 0 Å². The fourth-order valence-corrected chi connectivity index (χ4v) is 7.25. The molecule has 3 atom stereocenters. The number of rotatable bonds is 1. The Balaban J connectivity index is 1.94. The van der Waals surface area contributed by atoms with Crippen LogP contribution in [0.15, 0.2) is 0 Å². The van der Waals surface area contributed by atoms with Crippen LogP contribution in [-0.4, -0.2) is 55.1 Å². The third-order valence-electron chi connectivity index (χ3n) is 4.78. The Morgan fingerprint density at radius 1 is 1.17 bits per heavy atom. The summed E-state index contributed by atoms with van der Waals surface area (Å²) in [6.45, 7) is 3.01. The van der Waals surface area contributed by atoms with Crippen molar-refractivity contribution in [3.63, 3.8) is 0 Å². The highest BCUT2D eigenvalue weighted by Crippen LogP contribution is 2.53. The molecule has 2 heterocycles. The largest absolute Gasteiger partial charge is 0.379 e. The van der Waals surface area contributed by atoms with Gasteiger partial charge in [-0.2, -0.15) is 0 Å². The van der Waals surface area contributed by atoms with E-state index in [1.807, 2.05) is 0 Å². The molecule has 0 N–H and O–H groups in total. The van der Waals surface area contributed by atoms with Gasteiger partial charge in [0.25, 0.3) is 0 Å². The summed E-state index contributed by atoms with van der Waals surface area (Å²) < 4.78 is 29.1. The van der Waals surface area contributed by atoms with Crippen LogP contribution in [0, 0.1) is 0 Å². The summed E-state index contributed by atoms with van der Waals surface area (Å²) >= 11 is 6.31. The number of alkyl halides is 1. The van der Waals surface area contributed by atoms with Gasteiger partial charge >= 0.3 is 0 Å². The summed E-state index contributed by atoms with van der Waals surface area (Å²) in [5.41, 5.74) is -0.305. The minimum absolute atomic E-state index is 0.243. The molecular weight excluding hydrogens is 274 g/mol. The normalized spacial score (nSPS) is 44.7. The van der Waals surface area contributed by atoms with Crippen LogP contribution in [0.1, 0.15) is 32.1 Å². The van der Waals surface area contributed by atoms with Gasteiger partial charge in [0.1, 0.15) is 0 Å². The highest BCUT2D eigenvalue weighted by atomic mass is 35.5. The van der Waals surface area contributed by atoms with E-state index in [1.54, 1.807) is 0 Å². The van der Waals surface area contributed by atoms with E-state index in [2.05, 4.69) is 4.90 Å². The second-order valence-corrected chi connectivity index (χ2v) is 8.50. The Bertz CT molecular complexity index is 421. The first kappa shape index (κ1) is 13.2. The van der Waals surface area contributed by atoms with E-state index >= 15 is 0 Å². The molecule has 1 saturated carbocycles. The highest BCUT2D eigenvalue weighted by molar-refractivity contribution is 7.95. The number of halogens is 1. The van der Waals surface area contributed by atoms with Crippen LogP contribution in [0.4, 0.5) is 0 Å². The lowest BCUT2D eigenvalue weighted by atomic mass is 9.87. The molecule has 0 spiro atoms. The van der Waals surface area contributed by atoms with Crippen molar-refractivity contribution in [1.29, 1.82) is 0 Å². The van der Waals surface area contributed by atoms with Crippen molar-refractivity contribution in [2.24, 2.45) is 0 Å². The van der Waals surface area contributed by atoms with Crippen LogP contribution in [0.5, 0.6) is 0 Å². The van der Waals surface area contributed by atoms with Crippen molar-refractivity contribution < 1.29 is 13.2 Å². The monoisotopic (exact) mass is 293 g/mol. The van der Waals surface area contributed by atoms with Crippen LogP contribution < -0.4 is 0 Å². The van der Waals surface area contributed by atoms with E-state index in [0.29, 0.717) is 13.2 Å². The third-order valence-corrected chi connectivity index (χ3v) is 8.32. The van der Waals surface area contributed by atoms with Gasteiger partial charge < -0.3 is 4.74 Å². The van der Waals surface area contributed by atoms with E-state index < -0.39 is 14.5 Å². The zero-order valence-corrected chi connectivity index (χ0v) is 12.0. The van der Waals surface area contributed by atoms with Crippen molar-refractivity contribution >= 4 is 21.4 Å². The van der Waals surface area contributed by atoms with Gasteiger partial charge in [0, 0.05) is 13.1 Å². The third kappa shape index (κ3) is 1.67. The van der Waals surface area contributed by atoms with Crippen LogP contribution in [-0.2, 0) is 14.6 Å². The zero-order valence-electron chi connectivity index (χ0n) is 10.5. The summed E-state index contributed by atoms with van der Waals surface area (Å²) in [5.74, 6) is 0. The maximum Gasteiger partial charge on any atom is 0.173 e. The average Bonchev–Trinajstić information content (AvgIpc) is 2.61. The standard InChI is InChI=1S/C12H20ClNO3S/c13-11-12(14-6-8-17-9-7-14)5-3-1-2-4-10(12)18(11,15)16/h10-11H,1-9H2/t10-,11+,12+/m0/s1. The van der Waals surface area contributed by atoms with E-state index in [9.17, 15) is 8.42 Å². The number of hydrogen-bond acceptors (Lipinski definition) is 4. The maximum absolute atomic E-state index is 12.2. The van der Waals surface area contributed by atoms with Crippen molar-refractivity contribution in [3.05, 3.63) is 0 Å². The molecule has 0 amide bonds. The van der Waals surface area contributed by atoms with Crippen LogP contribution in [0.2, 0.25) is 0 Å². The molecule has 18 heavy (non-hydrogen) atoms. The second-order valence-electron chi connectivity index (χ2n) is 5.58. The minimum Gasteiger partial charge on any atom is -0.379 e. The summed E-state index contributed by atoms with van der Waals surface area (Å²) in [4.78, 5) is 2.30. The molecule has 6 heteroatoms. The first-order valence-electron chi connectivity index (χ1n) is 6.80. The van der Waals surface area contributed by atoms with Crippen molar-refractivity contribution in [2.75, 3.05) is 26.3 Å². The number of ether oxygens (including phenoxy) is 1. The Hall–Kier alpha value is 0.160. The summed E-state index contributed by atoms with van der Waals surface area (Å²) in [7, 11) is -3.11. The number of morpholine rings is 1. The van der Waals surface area contributed by atoms with Crippen molar-refractivity contribution in [3.8, 4) is 0 Å². The van der Waals surface area contributed by atoms with Gasteiger partial charge in [-0.1, -0.05) is 19.3 Å².